The zero-order valence-corrected chi connectivity index (χ0v) is 11.3. The van der Waals surface area contributed by atoms with Crippen LogP contribution in [0.1, 0.15) is 29.8 Å². The predicted octanol–water partition coefficient (Wildman–Crippen LogP) is 2.47. The molecule has 17 heavy (non-hydrogen) atoms. The van der Waals surface area contributed by atoms with Crippen molar-refractivity contribution < 1.29 is 14.3 Å². The molecule has 0 fully saturated rings. The number of rotatable bonds is 1. The minimum atomic E-state index is -0.723. The number of carbonyl (C=O) groups is 2. The average Bonchev–Trinajstić information content (AvgIpc) is 2.47. The number of hydrogen-bond acceptors (Lipinski definition) is 3. The number of ether oxygens (including phenoxy) is 1. The lowest BCUT2D eigenvalue weighted by Gasteiger charge is -2.18. The lowest BCUT2D eigenvalue weighted by atomic mass is 9.83. The monoisotopic (exact) mass is 297 g/mol. The highest BCUT2D eigenvalue weighted by molar-refractivity contribution is 9.10. The van der Waals surface area contributed by atoms with E-state index in [2.05, 4.69) is 21.2 Å². The van der Waals surface area contributed by atoms with E-state index in [9.17, 15) is 9.59 Å². The number of anilines is 1. The van der Waals surface area contributed by atoms with E-state index in [1.807, 2.05) is 0 Å². The molecule has 4 nitrogen and oxygen atoms in total. The fraction of sp³-hybridized carbons (Fsp3) is 0.333. The number of carbonyl (C=O) groups excluding carboxylic acids is 2. The van der Waals surface area contributed by atoms with Crippen LogP contribution in [0.15, 0.2) is 16.6 Å². The first kappa shape index (κ1) is 12.1. The Kier molecular flexibility index (Phi) is 2.73. The number of methoxy groups -OCH3 is 1. The molecule has 0 spiro atoms. The topological polar surface area (TPSA) is 55.4 Å². The highest BCUT2D eigenvalue weighted by atomic mass is 79.9. The van der Waals surface area contributed by atoms with Crippen LogP contribution in [0.5, 0.6) is 0 Å². The molecule has 1 aromatic carbocycles. The maximum atomic E-state index is 11.8. The van der Waals surface area contributed by atoms with Crippen LogP contribution in [-0.2, 0) is 14.9 Å². The van der Waals surface area contributed by atoms with Crippen molar-refractivity contribution >= 4 is 33.5 Å². The molecule has 1 amide bonds. The zero-order valence-electron chi connectivity index (χ0n) is 9.76. The van der Waals surface area contributed by atoms with Gasteiger partial charge in [0.05, 0.1) is 18.1 Å². The first-order valence-corrected chi connectivity index (χ1v) is 5.91. The molecule has 5 heteroatoms. The second kappa shape index (κ2) is 3.84. The Balaban J connectivity index is 2.72. The Bertz CT molecular complexity index is 523. The molecule has 1 aliphatic heterocycles. The molecule has 1 aliphatic rings. The summed E-state index contributed by atoms with van der Waals surface area (Å²) in [7, 11) is 1.33. The van der Waals surface area contributed by atoms with Gasteiger partial charge in [-0.15, -0.1) is 0 Å². The Morgan fingerprint density at radius 1 is 1.41 bits per heavy atom. The van der Waals surface area contributed by atoms with Crippen molar-refractivity contribution in [1.82, 2.24) is 0 Å². The molecular weight excluding hydrogens is 286 g/mol. The summed E-state index contributed by atoms with van der Waals surface area (Å²) < 4.78 is 5.48. The fourth-order valence-electron chi connectivity index (χ4n) is 2.04. The molecular formula is C12H12BrNO3. The van der Waals surface area contributed by atoms with Crippen LogP contribution in [0.4, 0.5) is 5.69 Å². The molecule has 0 aromatic heterocycles. The number of fused-ring (bicyclic) bond motifs is 1. The van der Waals surface area contributed by atoms with Crippen molar-refractivity contribution in [3.8, 4) is 0 Å². The maximum absolute atomic E-state index is 11.8. The van der Waals surface area contributed by atoms with Gasteiger partial charge in [-0.2, -0.15) is 0 Å². The van der Waals surface area contributed by atoms with Gasteiger partial charge in [-0.1, -0.05) is 15.9 Å². The molecule has 1 aromatic rings. The molecule has 0 aliphatic carbocycles. The van der Waals surface area contributed by atoms with E-state index in [-0.39, 0.29) is 5.91 Å². The Hall–Kier alpha value is -1.36. The normalized spacial score (nSPS) is 16.4. The standard InChI is InChI=1S/C12H12BrNO3/c1-12(2)9-7(10(15)17-3)4-6(13)5-8(9)14-11(12)16/h4-5H,1-3H3,(H,14,16). The van der Waals surface area contributed by atoms with Crippen molar-refractivity contribution in [2.75, 3.05) is 12.4 Å². The second-order valence-corrected chi connectivity index (χ2v) is 5.36. The number of esters is 1. The third-order valence-corrected chi connectivity index (χ3v) is 3.41. The highest BCUT2D eigenvalue weighted by Gasteiger charge is 2.41. The summed E-state index contributed by atoms with van der Waals surface area (Å²) in [5.74, 6) is -0.553. The summed E-state index contributed by atoms with van der Waals surface area (Å²) in [5, 5.41) is 2.77. The molecule has 2 rings (SSSR count). The van der Waals surface area contributed by atoms with Gasteiger partial charge in [0.25, 0.3) is 0 Å². The molecule has 90 valence electrons. The molecule has 1 heterocycles. The minimum absolute atomic E-state index is 0.115. The highest BCUT2D eigenvalue weighted by Crippen LogP contribution is 2.41. The van der Waals surface area contributed by atoms with Gasteiger partial charge in [0.1, 0.15) is 0 Å². The molecule has 0 saturated carbocycles. The van der Waals surface area contributed by atoms with E-state index in [1.54, 1.807) is 26.0 Å². The quantitative estimate of drug-likeness (QED) is 0.810. The van der Waals surface area contributed by atoms with Gasteiger partial charge in [0.15, 0.2) is 0 Å². The van der Waals surface area contributed by atoms with Gasteiger partial charge in [0.2, 0.25) is 5.91 Å². The van der Waals surface area contributed by atoms with Gasteiger partial charge in [0, 0.05) is 15.7 Å². The van der Waals surface area contributed by atoms with E-state index in [0.29, 0.717) is 16.8 Å². The van der Waals surface area contributed by atoms with E-state index >= 15 is 0 Å². The van der Waals surface area contributed by atoms with Crippen LogP contribution >= 0.6 is 15.9 Å². The summed E-state index contributed by atoms with van der Waals surface area (Å²) >= 11 is 3.31. The van der Waals surface area contributed by atoms with E-state index < -0.39 is 11.4 Å². The fourth-order valence-corrected chi connectivity index (χ4v) is 2.50. The van der Waals surface area contributed by atoms with E-state index in [4.69, 9.17) is 4.74 Å². The van der Waals surface area contributed by atoms with Crippen molar-refractivity contribution in [2.24, 2.45) is 0 Å². The average molecular weight is 298 g/mol. The van der Waals surface area contributed by atoms with E-state index in [0.717, 1.165) is 4.47 Å². The van der Waals surface area contributed by atoms with Gasteiger partial charge >= 0.3 is 5.97 Å². The summed E-state index contributed by atoms with van der Waals surface area (Å²) in [6, 6.07) is 3.46. The number of hydrogen-bond donors (Lipinski definition) is 1. The summed E-state index contributed by atoms with van der Waals surface area (Å²) in [6.07, 6.45) is 0. The van der Waals surface area contributed by atoms with Crippen molar-refractivity contribution in [3.63, 3.8) is 0 Å². The van der Waals surface area contributed by atoms with Crippen LogP contribution in [0, 0.1) is 0 Å². The number of nitrogens with one attached hydrogen (secondary N) is 1. The van der Waals surface area contributed by atoms with E-state index in [1.165, 1.54) is 7.11 Å². The number of amides is 1. The summed E-state index contributed by atoms with van der Waals surface area (Å²) in [6.45, 7) is 3.57. The SMILES string of the molecule is COC(=O)c1cc(Br)cc2c1C(C)(C)C(=O)N2. The third-order valence-electron chi connectivity index (χ3n) is 2.95. The van der Waals surface area contributed by atoms with Gasteiger partial charge in [-0.05, 0) is 26.0 Å². The Morgan fingerprint density at radius 2 is 2.06 bits per heavy atom. The number of benzene rings is 1. The van der Waals surface area contributed by atoms with Crippen LogP contribution in [0.2, 0.25) is 0 Å². The Morgan fingerprint density at radius 3 is 2.65 bits per heavy atom. The maximum Gasteiger partial charge on any atom is 0.338 e. The largest absolute Gasteiger partial charge is 0.465 e. The number of halogens is 1. The predicted molar refractivity (Wildman–Crippen MR) is 67.1 cm³/mol. The van der Waals surface area contributed by atoms with Gasteiger partial charge in [-0.3, -0.25) is 4.79 Å². The van der Waals surface area contributed by atoms with Crippen LogP contribution in [0.3, 0.4) is 0 Å². The molecule has 0 bridgehead atoms. The minimum Gasteiger partial charge on any atom is -0.465 e. The Labute approximate surface area is 107 Å². The van der Waals surface area contributed by atoms with Gasteiger partial charge < -0.3 is 10.1 Å². The lowest BCUT2D eigenvalue weighted by molar-refractivity contribution is -0.119. The lowest BCUT2D eigenvalue weighted by Crippen LogP contribution is -2.28. The van der Waals surface area contributed by atoms with Crippen LogP contribution in [-0.4, -0.2) is 19.0 Å². The first-order chi connectivity index (χ1) is 7.87. The summed E-state index contributed by atoms with van der Waals surface area (Å²) in [5.41, 5.74) is 1.05. The van der Waals surface area contributed by atoms with Crippen LogP contribution in [0.25, 0.3) is 0 Å². The van der Waals surface area contributed by atoms with Crippen molar-refractivity contribution in [3.05, 3.63) is 27.7 Å². The molecule has 1 N–H and O–H groups in total. The summed E-state index contributed by atoms with van der Waals surface area (Å²) in [4.78, 5) is 23.6. The smallest absolute Gasteiger partial charge is 0.338 e. The third kappa shape index (κ3) is 1.74. The molecule has 0 unspecified atom stereocenters. The van der Waals surface area contributed by atoms with Crippen molar-refractivity contribution in [2.45, 2.75) is 19.3 Å². The first-order valence-electron chi connectivity index (χ1n) is 5.11. The molecule has 0 radical (unpaired) electrons. The molecule has 0 saturated heterocycles. The molecule has 0 atom stereocenters. The van der Waals surface area contributed by atoms with Crippen LogP contribution < -0.4 is 5.32 Å². The second-order valence-electron chi connectivity index (χ2n) is 4.45. The zero-order chi connectivity index (χ0) is 12.8. The van der Waals surface area contributed by atoms with Crippen molar-refractivity contribution in [1.29, 1.82) is 0 Å². The van der Waals surface area contributed by atoms with Gasteiger partial charge in [-0.25, -0.2) is 4.79 Å².